The minimum absolute atomic E-state index is 0.284. The summed E-state index contributed by atoms with van der Waals surface area (Å²) in [5.41, 5.74) is 7.54. The highest BCUT2D eigenvalue weighted by Gasteiger charge is 2.06. The number of rotatable bonds is 5. The molecule has 0 aliphatic heterocycles. The third-order valence-corrected chi connectivity index (χ3v) is 2.95. The summed E-state index contributed by atoms with van der Waals surface area (Å²) in [5, 5.41) is 1.13. The van der Waals surface area contributed by atoms with E-state index in [2.05, 4.69) is 6.92 Å². The van der Waals surface area contributed by atoms with Gasteiger partial charge in [0.1, 0.15) is 0 Å². The zero-order chi connectivity index (χ0) is 12.3. The molecule has 0 spiro atoms. The van der Waals surface area contributed by atoms with Crippen LogP contribution in [0.1, 0.15) is 26.2 Å². The number of benzene rings is 1. The fourth-order valence-corrected chi connectivity index (χ4v) is 1.98. The van der Waals surface area contributed by atoms with Gasteiger partial charge in [0.15, 0.2) is 5.78 Å². The van der Waals surface area contributed by atoms with Crippen LogP contribution in [-0.2, 0) is 11.3 Å². The van der Waals surface area contributed by atoms with Gasteiger partial charge in [0.2, 0.25) is 0 Å². The second-order valence-corrected chi connectivity index (χ2v) is 4.40. The average Bonchev–Trinajstić information content (AvgIpc) is 2.69. The summed E-state index contributed by atoms with van der Waals surface area (Å²) in [6.07, 6.45) is 4.65. The van der Waals surface area contributed by atoms with Crippen molar-refractivity contribution in [2.75, 3.05) is 5.73 Å². The first-order valence-electron chi connectivity index (χ1n) is 6.07. The molecule has 1 heterocycles. The maximum Gasteiger partial charge on any atom is 0.152 e. The Balaban J connectivity index is 2.18. The van der Waals surface area contributed by atoms with Gasteiger partial charge in [-0.2, -0.15) is 0 Å². The van der Waals surface area contributed by atoms with Gasteiger partial charge < -0.3 is 10.3 Å². The zero-order valence-corrected chi connectivity index (χ0v) is 10.1. The van der Waals surface area contributed by atoms with Crippen molar-refractivity contribution in [3.63, 3.8) is 0 Å². The number of nitrogen functional groups attached to an aromatic ring is 1. The van der Waals surface area contributed by atoms with Crippen LogP contribution in [0.4, 0.5) is 5.69 Å². The molecule has 0 atom stereocenters. The second kappa shape index (κ2) is 5.04. The Hall–Kier alpha value is -1.77. The van der Waals surface area contributed by atoms with Crippen LogP contribution in [0.2, 0.25) is 0 Å². The van der Waals surface area contributed by atoms with Gasteiger partial charge >= 0.3 is 0 Å². The molecule has 3 nitrogen and oxygen atoms in total. The van der Waals surface area contributed by atoms with Crippen LogP contribution >= 0.6 is 0 Å². The molecule has 0 amide bonds. The quantitative estimate of drug-likeness (QED) is 0.803. The highest BCUT2D eigenvalue weighted by atomic mass is 16.1. The standard InChI is InChI=1S/C14H18N2O/c1-2-3-4-13(17)10-16-8-7-11-5-6-12(15)9-14(11)16/h5-9H,2-4,10,15H2,1H3. The lowest BCUT2D eigenvalue weighted by atomic mass is 10.2. The Morgan fingerprint density at radius 2 is 2.18 bits per heavy atom. The number of unbranched alkanes of at least 4 members (excludes halogenated alkanes) is 1. The van der Waals surface area contributed by atoms with Crippen molar-refractivity contribution in [1.82, 2.24) is 4.57 Å². The molecule has 1 aromatic heterocycles. The van der Waals surface area contributed by atoms with Crippen molar-refractivity contribution in [3.8, 4) is 0 Å². The lowest BCUT2D eigenvalue weighted by Crippen LogP contribution is -2.08. The smallest absolute Gasteiger partial charge is 0.152 e. The Morgan fingerprint density at radius 3 is 2.94 bits per heavy atom. The van der Waals surface area contributed by atoms with Crippen LogP contribution in [-0.4, -0.2) is 10.4 Å². The number of nitrogens with zero attached hydrogens (tertiary/aromatic N) is 1. The molecule has 0 fully saturated rings. The van der Waals surface area contributed by atoms with E-state index in [-0.39, 0.29) is 5.78 Å². The number of hydrogen-bond acceptors (Lipinski definition) is 2. The van der Waals surface area contributed by atoms with E-state index >= 15 is 0 Å². The molecular weight excluding hydrogens is 212 g/mol. The first kappa shape index (κ1) is 11.7. The highest BCUT2D eigenvalue weighted by molar-refractivity contribution is 5.86. The van der Waals surface area contributed by atoms with E-state index in [1.54, 1.807) is 0 Å². The van der Waals surface area contributed by atoms with E-state index in [4.69, 9.17) is 5.73 Å². The topological polar surface area (TPSA) is 48.0 Å². The molecule has 2 aromatic rings. The normalized spacial score (nSPS) is 10.9. The Labute approximate surface area is 101 Å². The number of ketones is 1. The molecule has 2 rings (SSSR count). The molecule has 90 valence electrons. The molecule has 0 aliphatic carbocycles. The van der Waals surface area contributed by atoms with Gasteiger partial charge in [-0.3, -0.25) is 4.79 Å². The van der Waals surface area contributed by atoms with Crippen molar-refractivity contribution in [2.24, 2.45) is 0 Å². The lowest BCUT2D eigenvalue weighted by molar-refractivity contribution is -0.119. The minimum atomic E-state index is 0.284. The maximum absolute atomic E-state index is 11.7. The van der Waals surface area contributed by atoms with E-state index in [0.29, 0.717) is 13.0 Å². The molecule has 17 heavy (non-hydrogen) atoms. The maximum atomic E-state index is 11.7. The molecule has 0 bridgehead atoms. The Morgan fingerprint density at radius 1 is 1.35 bits per heavy atom. The van der Waals surface area contributed by atoms with Crippen LogP contribution in [0.5, 0.6) is 0 Å². The van der Waals surface area contributed by atoms with Crippen molar-refractivity contribution < 1.29 is 4.79 Å². The third kappa shape index (κ3) is 2.67. The summed E-state index contributed by atoms with van der Waals surface area (Å²) in [7, 11) is 0. The molecule has 3 heteroatoms. The van der Waals surface area contributed by atoms with Crippen molar-refractivity contribution in [3.05, 3.63) is 30.5 Å². The summed E-state index contributed by atoms with van der Waals surface area (Å²) in [4.78, 5) is 11.7. The summed E-state index contributed by atoms with van der Waals surface area (Å²) in [5.74, 6) is 0.284. The predicted octanol–water partition coefficient (Wildman–Crippen LogP) is 2.98. The number of anilines is 1. The van der Waals surface area contributed by atoms with Crippen molar-refractivity contribution in [1.29, 1.82) is 0 Å². The molecule has 0 saturated heterocycles. The van der Waals surface area contributed by atoms with Gasteiger partial charge in [-0.05, 0) is 30.0 Å². The Kier molecular flexibility index (Phi) is 3.47. The number of nitrogens with two attached hydrogens (primary N) is 1. The number of carbonyl (C=O) groups is 1. The number of fused-ring (bicyclic) bond motifs is 1. The fourth-order valence-electron chi connectivity index (χ4n) is 1.98. The first-order valence-corrected chi connectivity index (χ1v) is 6.07. The average molecular weight is 230 g/mol. The minimum Gasteiger partial charge on any atom is -0.399 e. The van der Waals surface area contributed by atoms with Gasteiger partial charge in [-0.15, -0.1) is 0 Å². The lowest BCUT2D eigenvalue weighted by Gasteiger charge is -2.05. The number of aromatic nitrogens is 1. The largest absolute Gasteiger partial charge is 0.399 e. The summed E-state index contributed by atoms with van der Waals surface area (Å²) in [6, 6.07) is 7.80. The fraction of sp³-hybridized carbons (Fsp3) is 0.357. The number of Topliss-reactive ketones (excluding diaryl/α,β-unsaturated/α-hetero) is 1. The van der Waals surface area contributed by atoms with Gasteiger partial charge in [0, 0.05) is 18.3 Å². The molecule has 0 aliphatic rings. The monoisotopic (exact) mass is 230 g/mol. The van der Waals surface area contributed by atoms with Gasteiger partial charge in [-0.1, -0.05) is 19.4 Å². The van der Waals surface area contributed by atoms with Crippen LogP contribution in [0.15, 0.2) is 30.5 Å². The molecule has 1 aromatic carbocycles. The number of carbonyl (C=O) groups excluding carboxylic acids is 1. The summed E-state index contributed by atoms with van der Waals surface area (Å²) in [6.45, 7) is 2.55. The number of hydrogen-bond donors (Lipinski definition) is 1. The van der Waals surface area contributed by atoms with Crippen molar-refractivity contribution >= 4 is 22.4 Å². The second-order valence-electron chi connectivity index (χ2n) is 4.40. The van der Waals surface area contributed by atoms with E-state index in [1.165, 1.54) is 0 Å². The van der Waals surface area contributed by atoms with Gasteiger partial charge in [0.05, 0.1) is 12.1 Å². The van der Waals surface area contributed by atoms with Gasteiger partial charge in [-0.25, -0.2) is 0 Å². The molecule has 0 saturated carbocycles. The van der Waals surface area contributed by atoms with Crippen LogP contribution < -0.4 is 5.73 Å². The summed E-state index contributed by atoms with van der Waals surface area (Å²) < 4.78 is 1.98. The molecular formula is C14H18N2O. The third-order valence-electron chi connectivity index (χ3n) is 2.95. The predicted molar refractivity (Wildman–Crippen MR) is 70.9 cm³/mol. The first-order chi connectivity index (χ1) is 8.20. The van der Waals surface area contributed by atoms with E-state index in [9.17, 15) is 4.79 Å². The SMILES string of the molecule is CCCCC(=O)Cn1ccc2ccc(N)cc21. The summed E-state index contributed by atoms with van der Waals surface area (Å²) >= 11 is 0. The highest BCUT2D eigenvalue weighted by Crippen LogP contribution is 2.19. The van der Waals surface area contributed by atoms with Crippen LogP contribution in [0.3, 0.4) is 0 Å². The van der Waals surface area contributed by atoms with Crippen molar-refractivity contribution in [2.45, 2.75) is 32.7 Å². The molecule has 0 radical (unpaired) electrons. The van der Waals surface area contributed by atoms with E-state index in [1.807, 2.05) is 35.0 Å². The van der Waals surface area contributed by atoms with E-state index < -0.39 is 0 Å². The molecule has 2 N–H and O–H groups in total. The van der Waals surface area contributed by atoms with E-state index in [0.717, 1.165) is 29.4 Å². The van der Waals surface area contributed by atoms with Crippen LogP contribution in [0, 0.1) is 0 Å². The Bertz CT molecular complexity index is 528. The van der Waals surface area contributed by atoms with Gasteiger partial charge in [0.25, 0.3) is 0 Å². The molecule has 0 unspecified atom stereocenters. The zero-order valence-electron chi connectivity index (χ0n) is 10.1. The van der Waals surface area contributed by atoms with Crippen LogP contribution in [0.25, 0.3) is 10.9 Å².